The van der Waals surface area contributed by atoms with Gasteiger partial charge in [0.15, 0.2) is 0 Å². The number of nitriles is 2. The van der Waals surface area contributed by atoms with E-state index in [1.807, 2.05) is 26.0 Å². The van der Waals surface area contributed by atoms with Crippen LogP contribution in [0.4, 0.5) is 5.82 Å². The molecule has 1 heterocycles. The van der Waals surface area contributed by atoms with E-state index in [4.69, 9.17) is 10.5 Å². The van der Waals surface area contributed by atoms with Gasteiger partial charge in [0.2, 0.25) is 0 Å². The highest BCUT2D eigenvalue weighted by atomic mass is 79.9. The van der Waals surface area contributed by atoms with Gasteiger partial charge in [-0.3, -0.25) is 4.79 Å². The van der Waals surface area contributed by atoms with Gasteiger partial charge in [-0.1, -0.05) is 6.07 Å². The van der Waals surface area contributed by atoms with Crippen LogP contribution in [0.15, 0.2) is 27.5 Å². The Morgan fingerprint density at radius 1 is 1.26 bits per heavy atom. The number of benzene rings is 1. The topological polar surface area (TPSA) is 116 Å². The van der Waals surface area contributed by atoms with E-state index in [0.717, 1.165) is 4.47 Å². The van der Waals surface area contributed by atoms with Gasteiger partial charge in [0.25, 0.3) is 5.56 Å². The second kappa shape index (κ2) is 6.55. The average molecular weight is 373 g/mol. The molecular formula is C16H13BrN4O2. The van der Waals surface area contributed by atoms with E-state index in [-0.39, 0.29) is 28.6 Å². The van der Waals surface area contributed by atoms with Crippen molar-refractivity contribution in [3.05, 3.63) is 44.2 Å². The first kappa shape index (κ1) is 16.6. The predicted molar refractivity (Wildman–Crippen MR) is 89.8 cm³/mol. The van der Waals surface area contributed by atoms with Crippen LogP contribution in [-0.4, -0.2) is 11.1 Å². The number of nitrogen functional groups attached to an aromatic ring is 1. The van der Waals surface area contributed by atoms with E-state index in [1.165, 1.54) is 0 Å². The summed E-state index contributed by atoms with van der Waals surface area (Å²) >= 11 is 3.38. The van der Waals surface area contributed by atoms with Crippen molar-refractivity contribution in [3.8, 4) is 29.0 Å². The standard InChI is InChI=1S/C16H13BrN4O2/c1-8(2)23-13-5-9(3-4-12(13)17)14-10(6-18)15(20)21-16(22)11(14)7-19/h3-5,8H,1-2H3,(H3,20,21,22). The minimum atomic E-state index is -0.631. The van der Waals surface area contributed by atoms with Gasteiger partial charge in [0.05, 0.1) is 10.6 Å². The van der Waals surface area contributed by atoms with Crippen LogP contribution >= 0.6 is 15.9 Å². The van der Waals surface area contributed by atoms with Crippen LogP contribution in [0.25, 0.3) is 11.1 Å². The number of H-pyrrole nitrogens is 1. The first-order valence-electron chi connectivity index (χ1n) is 6.71. The van der Waals surface area contributed by atoms with E-state index >= 15 is 0 Å². The molecule has 2 rings (SSSR count). The molecule has 0 fully saturated rings. The van der Waals surface area contributed by atoms with Gasteiger partial charge in [-0.05, 0) is 47.5 Å². The maximum atomic E-state index is 12.0. The summed E-state index contributed by atoms with van der Waals surface area (Å²) in [5.41, 5.74) is 5.69. The average Bonchev–Trinajstić information content (AvgIpc) is 2.48. The van der Waals surface area contributed by atoms with Crippen molar-refractivity contribution in [1.29, 1.82) is 10.5 Å². The third-order valence-corrected chi connectivity index (χ3v) is 3.71. The number of nitrogens with one attached hydrogen (secondary N) is 1. The minimum absolute atomic E-state index is 0.0546. The van der Waals surface area contributed by atoms with Gasteiger partial charge in [-0.15, -0.1) is 0 Å². The number of ether oxygens (including phenoxy) is 1. The van der Waals surface area contributed by atoms with Crippen LogP contribution in [0.1, 0.15) is 25.0 Å². The summed E-state index contributed by atoms with van der Waals surface area (Å²) in [4.78, 5) is 14.3. The maximum Gasteiger partial charge on any atom is 0.268 e. The molecule has 0 aliphatic heterocycles. The zero-order valence-electron chi connectivity index (χ0n) is 12.5. The van der Waals surface area contributed by atoms with Crippen molar-refractivity contribution in [3.63, 3.8) is 0 Å². The molecule has 2 aromatic rings. The van der Waals surface area contributed by atoms with Crippen molar-refractivity contribution >= 4 is 21.7 Å². The van der Waals surface area contributed by atoms with Crippen molar-refractivity contribution in [2.24, 2.45) is 0 Å². The first-order chi connectivity index (χ1) is 10.9. The van der Waals surface area contributed by atoms with E-state index in [0.29, 0.717) is 11.3 Å². The number of anilines is 1. The van der Waals surface area contributed by atoms with E-state index in [1.54, 1.807) is 18.2 Å². The normalized spacial score (nSPS) is 10.2. The summed E-state index contributed by atoms with van der Waals surface area (Å²) < 4.78 is 6.41. The summed E-state index contributed by atoms with van der Waals surface area (Å²) in [6, 6.07) is 8.86. The third kappa shape index (κ3) is 3.20. The molecule has 6 nitrogen and oxygen atoms in total. The Morgan fingerprint density at radius 2 is 1.91 bits per heavy atom. The summed E-state index contributed by atoms with van der Waals surface area (Å²) in [5.74, 6) is 0.477. The van der Waals surface area contributed by atoms with Gasteiger partial charge in [-0.25, -0.2) is 0 Å². The molecule has 3 N–H and O–H groups in total. The van der Waals surface area contributed by atoms with Crippen molar-refractivity contribution < 1.29 is 4.74 Å². The van der Waals surface area contributed by atoms with Gasteiger partial charge in [0, 0.05) is 5.56 Å². The summed E-state index contributed by atoms with van der Waals surface area (Å²) in [7, 11) is 0. The Hall–Kier alpha value is -2.77. The monoisotopic (exact) mass is 372 g/mol. The smallest absolute Gasteiger partial charge is 0.268 e. The Kier molecular flexibility index (Phi) is 4.73. The molecule has 23 heavy (non-hydrogen) atoms. The Labute approximate surface area is 141 Å². The minimum Gasteiger partial charge on any atom is -0.490 e. The quantitative estimate of drug-likeness (QED) is 0.858. The fraction of sp³-hybridized carbons (Fsp3) is 0.188. The predicted octanol–water partition coefficient (Wildman–Crippen LogP) is 2.92. The number of rotatable bonds is 3. The second-order valence-corrected chi connectivity index (χ2v) is 5.88. The van der Waals surface area contributed by atoms with Crippen molar-refractivity contribution in [1.82, 2.24) is 4.98 Å². The lowest BCUT2D eigenvalue weighted by Crippen LogP contribution is -2.16. The third-order valence-electron chi connectivity index (χ3n) is 3.05. The van der Waals surface area contributed by atoms with E-state index in [2.05, 4.69) is 20.9 Å². The van der Waals surface area contributed by atoms with Gasteiger partial charge in [-0.2, -0.15) is 10.5 Å². The number of halogens is 1. The zero-order chi connectivity index (χ0) is 17.1. The second-order valence-electron chi connectivity index (χ2n) is 5.03. The van der Waals surface area contributed by atoms with E-state index < -0.39 is 5.56 Å². The number of hydrogen-bond donors (Lipinski definition) is 2. The molecular weight excluding hydrogens is 360 g/mol. The molecule has 0 radical (unpaired) electrons. The van der Waals surface area contributed by atoms with Crippen LogP contribution in [0.2, 0.25) is 0 Å². The maximum absolute atomic E-state index is 12.0. The molecule has 1 aromatic carbocycles. The number of aromatic nitrogens is 1. The van der Waals surface area contributed by atoms with Gasteiger partial charge in [0.1, 0.15) is 34.8 Å². The number of hydrogen-bond acceptors (Lipinski definition) is 5. The van der Waals surface area contributed by atoms with Gasteiger partial charge < -0.3 is 15.5 Å². The fourth-order valence-corrected chi connectivity index (χ4v) is 2.48. The molecule has 0 bridgehead atoms. The Bertz CT molecular complexity index is 904. The summed E-state index contributed by atoms with van der Waals surface area (Å²) in [5, 5.41) is 18.6. The molecule has 0 saturated carbocycles. The Balaban J connectivity index is 2.80. The highest BCUT2D eigenvalue weighted by Crippen LogP contribution is 2.34. The molecule has 0 spiro atoms. The summed E-state index contributed by atoms with van der Waals surface area (Å²) in [6.07, 6.45) is -0.0586. The van der Waals surface area contributed by atoms with Crippen molar-refractivity contribution in [2.45, 2.75) is 20.0 Å². The molecule has 116 valence electrons. The number of nitrogens with two attached hydrogens (primary N) is 1. The number of aromatic amines is 1. The largest absolute Gasteiger partial charge is 0.490 e. The lowest BCUT2D eigenvalue weighted by molar-refractivity contribution is 0.241. The molecule has 0 aliphatic carbocycles. The van der Waals surface area contributed by atoms with Crippen molar-refractivity contribution in [2.75, 3.05) is 5.73 Å². The molecule has 0 amide bonds. The van der Waals surface area contributed by atoms with Gasteiger partial charge >= 0.3 is 0 Å². The lowest BCUT2D eigenvalue weighted by atomic mass is 9.96. The number of nitrogens with zero attached hydrogens (tertiary/aromatic N) is 2. The van der Waals surface area contributed by atoms with Crippen LogP contribution in [0.3, 0.4) is 0 Å². The van der Waals surface area contributed by atoms with Crippen LogP contribution in [0.5, 0.6) is 5.75 Å². The molecule has 0 saturated heterocycles. The van der Waals surface area contributed by atoms with Crippen LogP contribution < -0.4 is 16.0 Å². The first-order valence-corrected chi connectivity index (χ1v) is 7.50. The molecule has 0 unspecified atom stereocenters. The number of pyridine rings is 1. The molecule has 0 atom stereocenters. The lowest BCUT2D eigenvalue weighted by Gasteiger charge is -2.14. The molecule has 0 aliphatic rings. The highest BCUT2D eigenvalue weighted by Gasteiger charge is 2.19. The fourth-order valence-electron chi connectivity index (χ4n) is 2.14. The summed E-state index contributed by atoms with van der Waals surface area (Å²) in [6.45, 7) is 3.76. The van der Waals surface area contributed by atoms with Crippen LogP contribution in [-0.2, 0) is 0 Å². The SMILES string of the molecule is CC(C)Oc1cc(-c2c(C#N)c(N)[nH]c(=O)c2C#N)ccc1Br. The molecule has 7 heteroatoms. The Morgan fingerprint density at radius 3 is 2.48 bits per heavy atom. The molecule has 1 aromatic heterocycles. The van der Waals surface area contributed by atoms with E-state index in [9.17, 15) is 15.3 Å². The highest BCUT2D eigenvalue weighted by molar-refractivity contribution is 9.10. The zero-order valence-corrected chi connectivity index (χ0v) is 14.1. The van der Waals surface area contributed by atoms with Crippen LogP contribution in [0, 0.1) is 22.7 Å².